The van der Waals surface area contributed by atoms with Gasteiger partial charge in [0.15, 0.2) is 0 Å². The van der Waals surface area contributed by atoms with Crippen LogP contribution >= 0.6 is 0 Å². The molecular formula is C19H20N2. The normalized spacial score (nSPS) is 27.5. The van der Waals surface area contributed by atoms with Gasteiger partial charge in [0, 0.05) is 30.0 Å². The number of pyridine rings is 1. The molecule has 3 atom stereocenters. The van der Waals surface area contributed by atoms with Gasteiger partial charge in [0.05, 0.1) is 0 Å². The van der Waals surface area contributed by atoms with E-state index < -0.39 is 0 Å². The van der Waals surface area contributed by atoms with Gasteiger partial charge in [0.2, 0.25) is 0 Å². The standard InChI is InChI=1S/C19H20N2/c1-2-4-15(5-3-1)17-10-14(12-20-13-17)6-7-16-11-18-8-9-19(16)21-18/h1-7,10,12-13,16,18-19,21H,8-9,11H2/b7-6-. The van der Waals surface area contributed by atoms with Crippen molar-refractivity contribution >= 4 is 6.08 Å². The fraction of sp³-hybridized carbons (Fsp3) is 0.316. The number of nitrogens with one attached hydrogen (secondary N) is 1. The molecule has 4 rings (SSSR count). The van der Waals surface area contributed by atoms with Crippen LogP contribution in [0.15, 0.2) is 54.9 Å². The van der Waals surface area contributed by atoms with E-state index >= 15 is 0 Å². The Morgan fingerprint density at radius 2 is 1.95 bits per heavy atom. The first-order chi connectivity index (χ1) is 10.4. The Morgan fingerprint density at radius 3 is 2.71 bits per heavy atom. The van der Waals surface area contributed by atoms with Crippen molar-refractivity contribution in [3.05, 3.63) is 60.4 Å². The number of aromatic nitrogens is 1. The lowest BCUT2D eigenvalue weighted by Gasteiger charge is -2.15. The molecule has 1 aromatic carbocycles. The maximum absolute atomic E-state index is 4.39. The van der Waals surface area contributed by atoms with Gasteiger partial charge in [-0.05, 0) is 42.4 Å². The highest BCUT2D eigenvalue weighted by molar-refractivity contribution is 5.66. The fourth-order valence-corrected chi connectivity index (χ4v) is 3.65. The molecule has 106 valence electrons. The summed E-state index contributed by atoms with van der Waals surface area (Å²) in [5.41, 5.74) is 3.60. The summed E-state index contributed by atoms with van der Waals surface area (Å²) >= 11 is 0. The lowest BCUT2D eigenvalue weighted by Crippen LogP contribution is -2.21. The minimum absolute atomic E-state index is 0.698. The Hall–Kier alpha value is -1.93. The van der Waals surface area contributed by atoms with E-state index in [4.69, 9.17) is 0 Å². The van der Waals surface area contributed by atoms with Crippen LogP contribution in [0.3, 0.4) is 0 Å². The van der Waals surface area contributed by atoms with Crippen LogP contribution in [0.2, 0.25) is 0 Å². The van der Waals surface area contributed by atoms with Crippen LogP contribution in [0.5, 0.6) is 0 Å². The van der Waals surface area contributed by atoms with Crippen molar-refractivity contribution in [1.82, 2.24) is 10.3 Å². The number of rotatable bonds is 3. The smallest absolute Gasteiger partial charge is 0.0346 e. The minimum Gasteiger partial charge on any atom is -0.311 e. The van der Waals surface area contributed by atoms with Crippen LogP contribution in [0, 0.1) is 5.92 Å². The maximum Gasteiger partial charge on any atom is 0.0346 e. The molecule has 2 bridgehead atoms. The lowest BCUT2D eigenvalue weighted by atomic mass is 9.88. The van der Waals surface area contributed by atoms with Crippen molar-refractivity contribution in [3.63, 3.8) is 0 Å². The zero-order chi connectivity index (χ0) is 14.1. The van der Waals surface area contributed by atoms with Crippen molar-refractivity contribution < 1.29 is 0 Å². The van der Waals surface area contributed by atoms with Crippen molar-refractivity contribution in [2.75, 3.05) is 0 Å². The van der Waals surface area contributed by atoms with Crippen molar-refractivity contribution in [2.24, 2.45) is 5.92 Å². The molecule has 3 heterocycles. The molecule has 1 aromatic heterocycles. The summed E-state index contributed by atoms with van der Waals surface area (Å²) < 4.78 is 0. The molecule has 2 aliphatic rings. The first-order valence-corrected chi connectivity index (χ1v) is 7.83. The Labute approximate surface area is 125 Å². The molecule has 2 saturated heterocycles. The highest BCUT2D eigenvalue weighted by Crippen LogP contribution is 2.34. The highest BCUT2D eigenvalue weighted by atomic mass is 15.0. The molecule has 0 saturated carbocycles. The largest absolute Gasteiger partial charge is 0.311 e. The van der Waals surface area contributed by atoms with E-state index in [0.717, 1.165) is 6.04 Å². The van der Waals surface area contributed by atoms with Crippen LogP contribution in [-0.4, -0.2) is 17.1 Å². The minimum atomic E-state index is 0.698. The first-order valence-electron chi connectivity index (χ1n) is 7.83. The first kappa shape index (κ1) is 12.8. The zero-order valence-electron chi connectivity index (χ0n) is 12.1. The summed E-state index contributed by atoms with van der Waals surface area (Å²) in [5, 5.41) is 3.68. The topological polar surface area (TPSA) is 24.9 Å². The molecule has 0 amide bonds. The Morgan fingerprint density at radius 1 is 1.05 bits per heavy atom. The van der Waals surface area contributed by atoms with Gasteiger partial charge in [0.25, 0.3) is 0 Å². The second kappa shape index (κ2) is 5.45. The molecule has 2 nitrogen and oxygen atoms in total. The molecule has 2 aliphatic heterocycles. The zero-order valence-corrected chi connectivity index (χ0v) is 12.1. The van der Waals surface area contributed by atoms with E-state index in [2.05, 4.69) is 52.8 Å². The predicted molar refractivity (Wildman–Crippen MR) is 86.8 cm³/mol. The second-order valence-electron chi connectivity index (χ2n) is 6.18. The molecule has 0 spiro atoms. The second-order valence-corrected chi connectivity index (χ2v) is 6.18. The van der Waals surface area contributed by atoms with Gasteiger partial charge in [-0.15, -0.1) is 0 Å². The van der Waals surface area contributed by atoms with Crippen LogP contribution < -0.4 is 5.32 Å². The Bertz CT molecular complexity index is 648. The number of hydrogen-bond acceptors (Lipinski definition) is 2. The molecule has 3 unspecified atom stereocenters. The van der Waals surface area contributed by atoms with E-state index in [1.807, 2.05) is 18.5 Å². The number of nitrogens with zero attached hydrogens (tertiary/aromatic N) is 1. The molecule has 1 N–H and O–H groups in total. The van der Waals surface area contributed by atoms with Crippen molar-refractivity contribution in [3.8, 4) is 11.1 Å². The molecule has 21 heavy (non-hydrogen) atoms. The number of hydrogen-bond donors (Lipinski definition) is 1. The van der Waals surface area contributed by atoms with Gasteiger partial charge in [-0.25, -0.2) is 0 Å². The van der Waals surface area contributed by atoms with Crippen molar-refractivity contribution in [2.45, 2.75) is 31.3 Å². The van der Waals surface area contributed by atoms with Gasteiger partial charge in [-0.1, -0.05) is 42.5 Å². The van der Waals surface area contributed by atoms with Crippen LogP contribution in [0.25, 0.3) is 17.2 Å². The molecule has 2 aromatic rings. The van der Waals surface area contributed by atoms with Crippen molar-refractivity contribution in [1.29, 1.82) is 0 Å². The van der Waals surface area contributed by atoms with E-state index in [-0.39, 0.29) is 0 Å². The predicted octanol–water partition coefficient (Wildman–Crippen LogP) is 3.90. The van der Waals surface area contributed by atoms with Gasteiger partial charge in [-0.2, -0.15) is 0 Å². The quantitative estimate of drug-likeness (QED) is 0.919. The molecule has 2 fully saturated rings. The molecule has 0 radical (unpaired) electrons. The number of fused-ring (bicyclic) bond motifs is 2. The highest BCUT2D eigenvalue weighted by Gasteiger charge is 2.37. The Kier molecular flexibility index (Phi) is 3.32. The molecule has 0 aliphatic carbocycles. The number of benzene rings is 1. The van der Waals surface area contributed by atoms with Gasteiger partial charge in [0.1, 0.15) is 0 Å². The summed E-state index contributed by atoms with van der Waals surface area (Å²) in [5.74, 6) is 0.698. The SMILES string of the molecule is C(=C/C1CC2CCC1N2)/c1cncc(-c2ccccc2)c1. The third-order valence-corrected chi connectivity index (χ3v) is 4.75. The third-order valence-electron chi connectivity index (χ3n) is 4.75. The fourth-order valence-electron chi connectivity index (χ4n) is 3.65. The van der Waals surface area contributed by atoms with Crippen LogP contribution in [0.4, 0.5) is 0 Å². The maximum atomic E-state index is 4.39. The average molecular weight is 276 g/mol. The van der Waals surface area contributed by atoms with Gasteiger partial charge < -0.3 is 5.32 Å². The van der Waals surface area contributed by atoms with E-state index in [1.54, 1.807) is 0 Å². The average Bonchev–Trinajstić information content (AvgIpc) is 3.17. The van der Waals surface area contributed by atoms with E-state index in [9.17, 15) is 0 Å². The Balaban J connectivity index is 1.53. The summed E-state index contributed by atoms with van der Waals surface area (Å²) in [7, 11) is 0. The molecule has 2 heteroatoms. The van der Waals surface area contributed by atoms with E-state index in [0.29, 0.717) is 12.0 Å². The lowest BCUT2D eigenvalue weighted by molar-refractivity contribution is 0.481. The molecular weight excluding hydrogens is 256 g/mol. The summed E-state index contributed by atoms with van der Waals surface area (Å²) in [4.78, 5) is 4.39. The summed E-state index contributed by atoms with van der Waals surface area (Å²) in [6.07, 6.45) is 12.5. The monoisotopic (exact) mass is 276 g/mol. The summed E-state index contributed by atoms with van der Waals surface area (Å²) in [6, 6.07) is 14.1. The van der Waals surface area contributed by atoms with Gasteiger partial charge in [-0.3, -0.25) is 4.98 Å². The van der Waals surface area contributed by atoms with Crippen LogP contribution in [-0.2, 0) is 0 Å². The van der Waals surface area contributed by atoms with Gasteiger partial charge >= 0.3 is 0 Å². The van der Waals surface area contributed by atoms with Crippen LogP contribution in [0.1, 0.15) is 24.8 Å². The van der Waals surface area contributed by atoms with E-state index in [1.165, 1.54) is 36.0 Å². The summed E-state index contributed by atoms with van der Waals surface area (Å²) in [6.45, 7) is 0. The third kappa shape index (κ3) is 2.64.